The zero-order valence-electron chi connectivity index (χ0n) is 14.5. The Morgan fingerprint density at radius 3 is 2.44 bits per heavy atom. The van der Waals surface area contributed by atoms with Crippen molar-refractivity contribution in [3.05, 3.63) is 59.7 Å². The summed E-state index contributed by atoms with van der Waals surface area (Å²) < 4.78 is 5.49. The lowest BCUT2D eigenvalue weighted by Gasteiger charge is -2.12. The molecule has 6 nitrogen and oxygen atoms in total. The number of nitrogens with zero attached hydrogens (tertiary/aromatic N) is 3. The fraction of sp³-hybridized carbons (Fsp3) is 0.211. The summed E-state index contributed by atoms with van der Waals surface area (Å²) in [6, 6.07) is 14.9. The summed E-state index contributed by atoms with van der Waals surface area (Å²) in [5, 5.41) is 18.6. The van der Waals surface area contributed by atoms with Gasteiger partial charge in [-0.15, -0.1) is 5.11 Å². The normalized spacial score (nSPS) is 12.4. The van der Waals surface area contributed by atoms with Crippen LogP contribution in [0.3, 0.4) is 0 Å². The molecule has 2 aromatic rings. The molecular formula is C19H21N3O3. The van der Waals surface area contributed by atoms with E-state index < -0.39 is 12.1 Å². The molecule has 0 heterocycles. The Hall–Kier alpha value is -3.15. The van der Waals surface area contributed by atoms with Gasteiger partial charge >= 0.3 is 5.97 Å². The van der Waals surface area contributed by atoms with Crippen molar-refractivity contribution in [2.75, 3.05) is 14.1 Å². The molecule has 1 atom stereocenters. The smallest absolute Gasteiger partial charge is 0.344 e. The molecule has 130 valence electrons. The van der Waals surface area contributed by atoms with Gasteiger partial charge in [0.25, 0.3) is 0 Å². The van der Waals surface area contributed by atoms with E-state index in [0.717, 1.165) is 16.8 Å². The molecule has 0 spiro atoms. The highest BCUT2D eigenvalue weighted by Gasteiger charge is 2.13. The summed E-state index contributed by atoms with van der Waals surface area (Å²) in [4.78, 5) is 11.0. The Labute approximate surface area is 147 Å². The molecular weight excluding hydrogens is 318 g/mol. The number of ether oxygens (including phenoxy) is 1. The molecule has 0 amide bonds. The van der Waals surface area contributed by atoms with E-state index in [1.165, 1.54) is 6.92 Å². The van der Waals surface area contributed by atoms with E-state index in [-0.39, 0.29) is 0 Å². The topological polar surface area (TPSA) is 74.5 Å². The van der Waals surface area contributed by atoms with Gasteiger partial charge < -0.3 is 9.84 Å². The number of hydrogen-bond donors (Lipinski definition) is 1. The Morgan fingerprint density at radius 2 is 1.80 bits per heavy atom. The van der Waals surface area contributed by atoms with E-state index in [4.69, 9.17) is 9.84 Å². The zero-order valence-corrected chi connectivity index (χ0v) is 14.5. The Kier molecular flexibility index (Phi) is 6.28. The SMILES string of the molecule is CC(Oc1ccccc1C=Cc1ccc(N=NN(C)C)cc1)C(=O)O. The van der Waals surface area contributed by atoms with Crippen LogP contribution in [-0.2, 0) is 4.79 Å². The quantitative estimate of drug-likeness (QED) is 0.464. The summed E-state index contributed by atoms with van der Waals surface area (Å²) in [5.41, 5.74) is 2.57. The van der Waals surface area contributed by atoms with Crippen LogP contribution in [0.2, 0.25) is 0 Å². The molecule has 0 saturated carbocycles. The van der Waals surface area contributed by atoms with Crippen LogP contribution in [-0.4, -0.2) is 36.3 Å². The maximum atomic E-state index is 11.0. The third-order valence-electron chi connectivity index (χ3n) is 3.26. The van der Waals surface area contributed by atoms with Crippen molar-refractivity contribution in [3.8, 4) is 5.75 Å². The van der Waals surface area contributed by atoms with E-state index in [1.54, 1.807) is 11.1 Å². The van der Waals surface area contributed by atoms with Crippen molar-refractivity contribution in [1.82, 2.24) is 5.01 Å². The maximum absolute atomic E-state index is 11.0. The molecule has 6 heteroatoms. The molecule has 0 bridgehead atoms. The molecule has 0 aliphatic rings. The number of benzene rings is 2. The lowest BCUT2D eigenvalue weighted by molar-refractivity contribution is -0.144. The predicted molar refractivity (Wildman–Crippen MR) is 97.7 cm³/mol. The maximum Gasteiger partial charge on any atom is 0.344 e. The number of para-hydroxylation sites is 1. The van der Waals surface area contributed by atoms with E-state index in [1.807, 2.05) is 68.7 Å². The van der Waals surface area contributed by atoms with Gasteiger partial charge in [0.15, 0.2) is 6.10 Å². The largest absolute Gasteiger partial charge is 0.479 e. The summed E-state index contributed by atoms with van der Waals surface area (Å²) in [6.07, 6.45) is 2.91. The minimum absolute atomic E-state index is 0.532. The van der Waals surface area contributed by atoms with Gasteiger partial charge in [0, 0.05) is 19.7 Å². The Bertz CT molecular complexity index is 768. The van der Waals surface area contributed by atoms with Crippen LogP contribution in [0, 0.1) is 0 Å². The number of aliphatic carboxylic acids is 1. The van der Waals surface area contributed by atoms with Crippen molar-refractivity contribution in [2.24, 2.45) is 10.3 Å². The van der Waals surface area contributed by atoms with Gasteiger partial charge in [0.05, 0.1) is 5.69 Å². The summed E-state index contributed by atoms with van der Waals surface area (Å²) in [7, 11) is 3.62. The average Bonchev–Trinajstić information content (AvgIpc) is 2.60. The van der Waals surface area contributed by atoms with Crippen LogP contribution in [0.5, 0.6) is 5.75 Å². The highest BCUT2D eigenvalue weighted by molar-refractivity contribution is 5.75. The third-order valence-corrected chi connectivity index (χ3v) is 3.26. The molecule has 0 aromatic heterocycles. The Balaban J connectivity index is 2.12. The Morgan fingerprint density at radius 1 is 1.12 bits per heavy atom. The fourth-order valence-corrected chi connectivity index (χ4v) is 1.95. The lowest BCUT2D eigenvalue weighted by atomic mass is 10.1. The van der Waals surface area contributed by atoms with Gasteiger partial charge in [-0.1, -0.05) is 47.7 Å². The first kappa shape index (κ1) is 18.2. The molecule has 0 radical (unpaired) electrons. The molecule has 0 saturated heterocycles. The molecule has 25 heavy (non-hydrogen) atoms. The highest BCUT2D eigenvalue weighted by atomic mass is 16.5. The number of hydrogen-bond acceptors (Lipinski definition) is 4. The molecule has 1 N–H and O–H groups in total. The molecule has 0 fully saturated rings. The number of rotatable bonds is 7. The number of carboxylic acids is 1. The van der Waals surface area contributed by atoms with Crippen LogP contribution in [0.25, 0.3) is 12.2 Å². The second-order valence-electron chi connectivity index (χ2n) is 5.60. The first-order valence-corrected chi connectivity index (χ1v) is 7.81. The molecule has 1 unspecified atom stereocenters. The second-order valence-corrected chi connectivity index (χ2v) is 5.60. The average molecular weight is 339 g/mol. The standard InChI is InChI=1S/C19H21N3O3/c1-14(19(23)24)25-18-7-5-4-6-16(18)11-8-15-9-12-17(13-10-15)20-21-22(2)3/h4-14H,1-3H3,(H,23,24). The summed E-state index contributed by atoms with van der Waals surface area (Å²) >= 11 is 0. The van der Waals surface area contributed by atoms with Gasteiger partial charge in [-0.2, -0.15) is 0 Å². The predicted octanol–water partition coefficient (Wildman–Crippen LogP) is 4.27. The van der Waals surface area contributed by atoms with E-state index in [9.17, 15) is 4.79 Å². The third kappa shape index (κ3) is 5.76. The van der Waals surface area contributed by atoms with Gasteiger partial charge in [-0.3, -0.25) is 5.01 Å². The second kappa shape index (κ2) is 8.63. The molecule has 2 rings (SSSR count). The highest BCUT2D eigenvalue weighted by Crippen LogP contribution is 2.22. The van der Waals surface area contributed by atoms with Crippen LogP contribution >= 0.6 is 0 Å². The van der Waals surface area contributed by atoms with Crippen molar-refractivity contribution in [1.29, 1.82) is 0 Å². The van der Waals surface area contributed by atoms with Crippen LogP contribution in [0.1, 0.15) is 18.1 Å². The van der Waals surface area contributed by atoms with Crippen molar-refractivity contribution in [3.63, 3.8) is 0 Å². The summed E-state index contributed by atoms with van der Waals surface area (Å²) in [5.74, 6) is -0.466. The van der Waals surface area contributed by atoms with Gasteiger partial charge in [0.1, 0.15) is 5.75 Å². The number of carbonyl (C=O) groups is 1. The van der Waals surface area contributed by atoms with Crippen LogP contribution in [0.4, 0.5) is 5.69 Å². The lowest BCUT2D eigenvalue weighted by Crippen LogP contribution is -2.23. The fourth-order valence-electron chi connectivity index (χ4n) is 1.95. The molecule has 0 aliphatic carbocycles. The minimum Gasteiger partial charge on any atom is -0.479 e. The summed E-state index contributed by atoms with van der Waals surface area (Å²) in [6.45, 7) is 1.50. The van der Waals surface area contributed by atoms with E-state index in [2.05, 4.69) is 10.3 Å². The monoisotopic (exact) mass is 339 g/mol. The van der Waals surface area contributed by atoms with Crippen LogP contribution < -0.4 is 4.74 Å². The van der Waals surface area contributed by atoms with Gasteiger partial charge in [-0.25, -0.2) is 4.79 Å². The number of carboxylic acid groups (broad SMARTS) is 1. The minimum atomic E-state index is -0.999. The van der Waals surface area contributed by atoms with Crippen molar-refractivity contribution in [2.45, 2.75) is 13.0 Å². The van der Waals surface area contributed by atoms with Crippen molar-refractivity contribution >= 4 is 23.8 Å². The zero-order chi connectivity index (χ0) is 18.2. The van der Waals surface area contributed by atoms with Crippen LogP contribution in [0.15, 0.2) is 58.9 Å². The first-order chi connectivity index (χ1) is 12.0. The molecule has 2 aromatic carbocycles. The molecule has 0 aliphatic heterocycles. The van der Waals surface area contributed by atoms with Gasteiger partial charge in [0.2, 0.25) is 0 Å². The van der Waals surface area contributed by atoms with Gasteiger partial charge in [-0.05, 0) is 30.7 Å². The van der Waals surface area contributed by atoms with E-state index in [0.29, 0.717) is 5.75 Å². The first-order valence-electron chi connectivity index (χ1n) is 7.81. The van der Waals surface area contributed by atoms with E-state index >= 15 is 0 Å². The van der Waals surface area contributed by atoms with Crippen molar-refractivity contribution < 1.29 is 14.6 Å².